The molecule has 5 nitrogen and oxygen atoms in total. The van der Waals surface area contributed by atoms with Gasteiger partial charge in [-0.3, -0.25) is 4.79 Å². The van der Waals surface area contributed by atoms with E-state index in [-0.39, 0.29) is 18.4 Å². The smallest absolute Gasteiger partial charge is 0.326 e. The molecule has 4 N–H and O–H groups in total. The molecule has 1 amide bonds. The molecule has 0 radical (unpaired) electrons. The molecule has 0 spiro atoms. The lowest BCUT2D eigenvalue weighted by molar-refractivity contribution is -0.142. The van der Waals surface area contributed by atoms with E-state index in [0.717, 1.165) is 6.42 Å². The zero-order valence-corrected chi connectivity index (χ0v) is 11.3. The van der Waals surface area contributed by atoms with E-state index in [2.05, 4.69) is 5.32 Å². The fourth-order valence-electron chi connectivity index (χ4n) is 1.49. The van der Waals surface area contributed by atoms with Crippen LogP contribution in [0.25, 0.3) is 0 Å². The van der Waals surface area contributed by atoms with E-state index >= 15 is 0 Å². The number of carboxylic acid groups (broad SMARTS) is 1. The van der Waals surface area contributed by atoms with Crippen molar-refractivity contribution in [1.29, 1.82) is 0 Å². The summed E-state index contributed by atoms with van der Waals surface area (Å²) in [6.07, 6.45) is 3.89. The Hall–Kier alpha value is -0.750. The van der Waals surface area contributed by atoms with Crippen LogP contribution in [0.5, 0.6) is 0 Å². The van der Waals surface area contributed by atoms with Crippen LogP contribution in [0.3, 0.4) is 0 Å². The molecule has 0 rings (SSSR count). The van der Waals surface area contributed by atoms with Gasteiger partial charge in [-0.2, -0.15) is 11.8 Å². The Bertz CT molecular complexity index is 249. The van der Waals surface area contributed by atoms with Gasteiger partial charge in [-0.15, -0.1) is 0 Å². The molecule has 0 aliphatic heterocycles. The number of amides is 1. The fraction of sp³-hybridized carbons (Fsp3) is 0.818. The minimum atomic E-state index is -0.986. The van der Waals surface area contributed by atoms with Crippen LogP contribution in [0.2, 0.25) is 0 Å². The van der Waals surface area contributed by atoms with Crippen LogP contribution in [0.4, 0.5) is 0 Å². The van der Waals surface area contributed by atoms with Gasteiger partial charge in [0.1, 0.15) is 6.04 Å². The zero-order valence-electron chi connectivity index (χ0n) is 10.4. The standard InChI is InChI=1S/C11H22N2O3S/c1-3-4-8(7-12)10(14)13-9(11(15)16)5-6-17-2/h8-9H,3-7,12H2,1-2H3,(H,13,14)(H,15,16). The summed E-state index contributed by atoms with van der Waals surface area (Å²) >= 11 is 1.56. The molecule has 0 aromatic rings. The van der Waals surface area contributed by atoms with Gasteiger partial charge in [-0.25, -0.2) is 4.79 Å². The summed E-state index contributed by atoms with van der Waals surface area (Å²) in [6.45, 7) is 2.23. The van der Waals surface area contributed by atoms with Crippen molar-refractivity contribution in [2.75, 3.05) is 18.6 Å². The lowest BCUT2D eigenvalue weighted by atomic mass is 10.0. The van der Waals surface area contributed by atoms with Crippen LogP contribution in [0, 0.1) is 5.92 Å². The first-order chi connectivity index (χ1) is 8.06. The first-order valence-electron chi connectivity index (χ1n) is 5.78. The molecule has 100 valence electrons. The molecule has 0 aliphatic carbocycles. The third-order valence-corrected chi connectivity index (χ3v) is 3.16. The SMILES string of the molecule is CCCC(CN)C(=O)NC(CCSC)C(=O)O. The van der Waals surface area contributed by atoms with Crippen LogP contribution >= 0.6 is 11.8 Å². The minimum absolute atomic E-state index is 0.247. The topological polar surface area (TPSA) is 92.4 Å². The molecule has 0 aliphatic rings. The summed E-state index contributed by atoms with van der Waals surface area (Å²) in [4.78, 5) is 22.7. The summed E-state index contributed by atoms with van der Waals surface area (Å²) in [5.74, 6) is -0.808. The molecule has 0 saturated heterocycles. The lowest BCUT2D eigenvalue weighted by Crippen LogP contribution is -2.45. The molecule has 0 heterocycles. The van der Waals surface area contributed by atoms with Crippen molar-refractivity contribution in [3.63, 3.8) is 0 Å². The van der Waals surface area contributed by atoms with Crippen molar-refractivity contribution in [2.45, 2.75) is 32.2 Å². The van der Waals surface area contributed by atoms with Gasteiger partial charge in [0.2, 0.25) is 5.91 Å². The maximum Gasteiger partial charge on any atom is 0.326 e. The normalized spacial score (nSPS) is 14.1. The van der Waals surface area contributed by atoms with Crippen LogP contribution < -0.4 is 11.1 Å². The maximum atomic E-state index is 11.8. The third-order valence-electron chi connectivity index (χ3n) is 2.52. The average molecular weight is 262 g/mol. The highest BCUT2D eigenvalue weighted by atomic mass is 32.2. The highest BCUT2D eigenvalue weighted by Gasteiger charge is 2.23. The number of aliphatic carboxylic acids is 1. The number of carboxylic acids is 1. The third kappa shape index (κ3) is 6.53. The number of thioether (sulfide) groups is 1. The molecule has 6 heteroatoms. The Morgan fingerprint density at radius 2 is 2.06 bits per heavy atom. The highest BCUT2D eigenvalue weighted by Crippen LogP contribution is 2.07. The Labute approximate surface area is 107 Å². The van der Waals surface area contributed by atoms with Gasteiger partial charge in [0.05, 0.1) is 5.92 Å². The molecular formula is C11H22N2O3S. The molecule has 0 aromatic carbocycles. The Kier molecular flexibility index (Phi) is 8.89. The van der Waals surface area contributed by atoms with Crippen LogP contribution in [-0.2, 0) is 9.59 Å². The summed E-state index contributed by atoms with van der Waals surface area (Å²) in [5.41, 5.74) is 5.50. The van der Waals surface area contributed by atoms with Crippen LogP contribution in [-0.4, -0.2) is 41.6 Å². The predicted octanol–water partition coefficient (Wildman–Crippen LogP) is 0.684. The molecule has 2 unspecified atom stereocenters. The average Bonchev–Trinajstić information content (AvgIpc) is 2.30. The van der Waals surface area contributed by atoms with Gasteiger partial charge in [-0.05, 0) is 24.9 Å². The monoisotopic (exact) mass is 262 g/mol. The van der Waals surface area contributed by atoms with E-state index in [1.165, 1.54) is 0 Å². The van der Waals surface area contributed by atoms with Gasteiger partial charge in [0, 0.05) is 6.54 Å². The number of hydrogen-bond acceptors (Lipinski definition) is 4. The maximum absolute atomic E-state index is 11.8. The minimum Gasteiger partial charge on any atom is -0.480 e. The molecule has 0 bridgehead atoms. The summed E-state index contributed by atoms with van der Waals surface area (Å²) in [5, 5.41) is 11.5. The van der Waals surface area contributed by atoms with Gasteiger partial charge in [-0.1, -0.05) is 13.3 Å². The first-order valence-corrected chi connectivity index (χ1v) is 7.18. The highest BCUT2D eigenvalue weighted by molar-refractivity contribution is 7.98. The fourth-order valence-corrected chi connectivity index (χ4v) is 1.96. The van der Waals surface area contributed by atoms with Gasteiger partial charge in [0.25, 0.3) is 0 Å². The molecular weight excluding hydrogens is 240 g/mol. The number of nitrogens with one attached hydrogen (secondary N) is 1. The van der Waals surface area contributed by atoms with Crippen molar-refractivity contribution in [3.05, 3.63) is 0 Å². The Morgan fingerprint density at radius 1 is 1.41 bits per heavy atom. The number of rotatable bonds is 9. The number of carbonyl (C=O) groups excluding carboxylic acids is 1. The summed E-state index contributed by atoms with van der Waals surface area (Å²) < 4.78 is 0. The first kappa shape index (κ1) is 16.2. The van der Waals surface area contributed by atoms with Crippen molar-refractivity contribution in [3.8, 4) is 0 Å². The van der Waals surface area contributed by atoms with Gasteiger partial charge in [0.15, 0.2) is 0 Å². The second kappa shape index (κ2) is 9.30. The van der Waals surface area contributed by atoms with E-state index in [1.807, 2.05) is 13.2 Å². The van der Waals surface area contributed by atoms with Crippen LogP contribution in [0.15, 0.2) is 0 Å². The second-order valence-corrected chi connectivity index (χ2v) is 4.89. The second-order valence-electron chi connectivity index (χ2n) is 3.90. The number of nitrogens with two attached hydrogens (primary N) is 1. The van der Waals surface area contributed by atoms with Crippen molar-refractivity contribution in [1.82, 2.24) is 5.32 Å². The molecule has 0 saturated carbocycles. The summed E-state index contributed by atoms with van der Waals surface area (Å²) in [7, 11) is 0. The van der Waals surface area contributed by atoms with Gasteiger partial charge >= 0.3 is 5.97 Å². The van der Waals surface area contributed by atoms with Crippen molar-refractivity contribution >= 4 is 23.6 Å². The van der Waals surface area contributed by atoms with E-state index in [4.69, 9.17) is 10.8 Å². The van der Waals surface area contributed by atoms with E-state index in [0.29, 0.717) is 18.6 Å². The Balaban J connectivity index is 4.32. The van der Waals surface area contributed by atoms with Crippen LogP contribution in [0.1, 0.15) is 26.2 Å². The van der Waals surface area contributed by atoms with Crippen molar-refractivity contribution in [2.24, 2.45) is 11.7 Å². The largest absolute Gasteiger partial charge is 0.480 e. The van der Waals surface area contributed by atoms with E-state index in [1.54, 1.807) is 11.8 Å². The van der Waals surface area contributed by atoms with E-state index < -0.39 is 12.0 Å². The lowest BCUT2D eigenvalue weighted by Gasteiger charge is -2.18. The quantitative estimate of drug-likeness (QED) is 0.568. The van der Waals surface area contributed by atoms with Crippen molar-refractivity contribution < 1.29 is 14.7 Å². The Morgan fingerprint density at radius 3 is 2.47 bits per heavy atom. The predicted molar refractivity (Wildman–Crippen MR) is 70.0 cm³/mol. The number of hydrogen-bond donors (Lipinski definition) is 3. The molecule has 0 fully saturated rings. The molecule has 2 atom stereocenters. The molecule has 17 heavy (non-hydrogen) atoms. The zero-order chi connectivity index (χ0) is 13.3. The van der Waals surface area contributed by atoms with E-state index in [9.17, 15) is 9.59 Å². The molecule has 0 aromatic heterocycles. The summed E-state index contributed by atoms with van der Waals surface area (Å²) in [6, 6.07) is -0.805. The van der Waals surface area contributed by atoms with Gasteiger partial charge < -0.3 is 16.2 Å². The number of carbonyl (C=O) groups is 2.